The minimum Gasteiger partial charge on any atom is -0.367 e. The van der Waals surface area contributed by atoms with E-state index in [-0.39, 0.29) is 0 Å². The molecule has 2 heteroatoms. The Labute approximate surface area is 116 Å². The molecule has 0 aliphatic rings. The van der Waals surface area contributed by atoms with Gasteiger partial charge in [-0.3, -0.25) is 0 Å². The fourth-order valence-electron chi connectivity index (χ4n) is 2.33. The Kier molecular flexibility index (Phi) is 4.99. The number of rotatable bonds is 6. The summed E-state index contributed by atoms with van der Waals surface area (Å²) in [6, 6.07) is 19.3. The molecule has 0 aromatic heterocycles. The van der Waals surface area contributed by atoms with E-state index in [1.165, 1.54) is 16.8 Å². The fraction of sp³-hybridized carbons (Fsp3) is 0.294. The molecular formula is C17H22N2. The average molecular weight is 254 g/mol. The average Bonchev–Trinajstić information content (AvgIpc) is 2.47. The monoisotopic (exact) mass is 254 g/mol. The first-order valence-electron chi connectivity index (χ1n) is 6.86. The van der Waals surface area contributed by atoms with Gasteiger partial charge in [0.25, 0.3) is 0 Å². The highest BCUT2D eigenvalue weighted by Gasteiger charge is 2.09. The summed E-state index contributed by atoms with van der Waals surface area (Å²) in [5.74, 6) is 0. The number of para-hydroxylation sites is 1. The van der Waals surface area contributed by atoms with E-state index in [0.717, 1.165) is 19.6 Å². The first-order chi connectivity index (χ1) is 9.35. The van der Waals surface area contributed by atoms with Crippen molar-refractivity contribution < 1.29 is 0 Å². The fourth-order valence-corrected chi connectivity index (χ4v) is 2.33. The van der Waals surface area contributed by atoms with E-state index in [9.17, 15) is 0 Å². The van der Waals surface area contributed by atoms with E-state index < -0.39 is 0 Å². The Morgan fingerprint density at radius 3 is 2.32 bits per heavy atom. The van der Waals surface area contributed by atoms with Crippen LogP contribution in [-0.4, -0.2) is 13.6 Å². The summed E-state index contributed by atoms with van der Waals surface area (Å²) in [5.41, 5.74) is 4.02. The number of benzene rings is 2. The lowest BCUT2D eigenvalue weighted by Crippen LogP contribution is -2.24. The van der Waals surface area contributed by atoms with Gasteiger partial charge in [-0.05, 0) is 31.2 Å². The SMILES string of the molecule is CCN(Cc1ccccc1)c1ccccc1CNC. The zero-order chi connectivity index (χ0) is 13.5. The van der Waals surface area contributed by atoms with Crippen molar-refractivity contribution in [3.05, 3.63) is 65.7 Å². The summed E-state index contributed by atoms with van der Waals surface area (Å²) in [5, 5.41) is 3.24. The molecule has 100 valence electrons. The molecule has 2 aromatic rings. The second-order valence-electron chi connectivity index (χ2n) is 4.66. The second kappa shape index (κ2) is 6.95. The van der Waals surface area contributed by atoms with Crippen molar-refractivity contribution in [2.75, 3.05) is 18.5 Å². The molecule has 0 aliphatic carbocycles. The van der Waals surface area contributed by atoms with Gasteiger partial charge < -0.3 is 10.2 Å². The molecular weight excluding hydrogens is 232 g/mol. The molecule has 0 heterocycles. The predicted molar refractivity (Wildman–Crippen MR) is 82.4 cm³/mol. The molecule has 19 heavy (non-hydrogen) atoms. The van der Waals surface area contributed by atoms with Crippen LogP contribution in [-0.2, 0) is 13.1 Å². The highest BCUT2D eigenvalue weighted by molar-refractivity contribution is 5.54. The molecule has 0 atom stereocenters. The van der Waals surface area contributed by atoms with Crippen molar-refractivity contribution in [3.63, 3.8) is 0 Å². The second-order valence-corrected chi connectivity index (χ2v) is 4.66. The van der Waals surface area contributed by atoms with Gasteiger partial charge in [0, 0.05) is 25.3 Å². The van der Waals surface area contributed by atoms with Crippen molar-refractivity contribution in [3.8, 4) is 0 Å². The lowest BCUT2D eigenvalue weighted by atomic mass is 10.1. The van der Waals surface area contributed by atoms with Gasteiger partial charge in [0.15, 0.2) is 0 Å². The molecule has 2 aromatic carbocycles. The summed E-state index contributed by atoms with van der Waals surface area (Å²) < 4.78 is 0. The van der Waals surface area contributed by atoms with Crippen LogP contribution in [0.5, 0.6) is 0 Å². The molecule has 0 radical (unpaired) electrons. The number of nitrogens with zero attached hydrogens (tertiary/aromatic N) is 1. The molecule has 0 aliphatic heterocycles. The van der Waals surface area contributed by atoms with Gasteiger partial charge in [-0.25, -0.2) is 0 Å². The molecule has 0 saturated carbocycles. The van der Waals surface area contributed by atoms with Gasteiger partial charge in [-0.2, -0.15) is 0 Å². The number of anilines is 1. The van der Waals surface area contributed by atoms with Crippen LogP contribution in [0, 0.1) is 0 Å². The Morgan fingerprint density at radius 2 is 1.63 bits per heavy atom. The van der Waals surface area contributed by atoms with Crippen LogP contribution in [0.1, 0.15) is 18.1 Å². The van der Waals surface area contributed by atoms with Gasteiger partial charge in [0.1, 0.15) is 0 Å². The van der Waals surface area contributed by atoms with Gasteiger partial charge in [-0.15, -0.1) is 0 Å². The predicted octanol–water partition coefficient (Wildman–Crippen LogP) is 3.43. The largest absolute Gasteiger partial charge is 0.367 e. The van der Waals surface area contributed by atoms with Gasteiger partial charge >= 0.3 is 0 Å². The van der Waals surface area contributed by atoms with Gasteiger partial charge in [0.2, 0.25) is 0 Å². The first-order valence-corrected chi connectivity index (χ1v) is 6.86. The zero-order valence-electron chi connectivity index (χ0n) is 11.8. The van der Waals surface area contributed by atoms with Crippen molar-refractivity contribution in [2.45, 2.75) is 20.0 Å². The Hall–Kier alpha value is -1.80. The third-order valence-corrected chi connectivity index (χ3v) is 3.30. The quantitative estimate of drug-likeness (QED) is 0.849. The van der Waals surface area contributed by atoms with E-state index in [1.807, 2.05) is 7.05 Å². The maximum atomic E-state index is 3.24. The number of hydrogen-bond donors (Lipinski definition) is 1. The van der Waals surface area contributed by atoms with Crippen LogP contribution in [0.25, 0.3) is 0 Å². The van der Waals surface area contributed by atoms with Crippen LogP contribution in [0.4, 0.5) is 5.69 Å². The van der Waals surface area contributed by atoms with E-state index in [2.05, 4.69) is 71.7 Å². The number of hydrogen-bond acceptors (Lipinski definition) is 2. The molecule has 0 saturated heterocycles. The lowest BCUT2D eigenvalue weighted by Gasteiger charge is -2.26. The molecule has 0 amide bonds. The molecule has 0 spiro atoms. The third kappa shape index (κ3) is 3.58. The summed E-state index contributed by atoms with van der Waals surface area (Å²) in [6.45, 7) is 5.08. The van der Waals surface area contributed by atoms with E-state index in [0.29, 0.717) is 0 Å². The van der Waals surface area contributed by atoms with Crippen molar-refractivity contribution in [2.24, 2.45) is 0 Å². The van der Waals surface area contributed by atoms with Crippen molar-refractivity contribution in [1.29, 1.82) is 0 Å². The maximum absolute atomic E-state index is 3.24. The molecule has 2 nitrogen and oxygen atoms in total. The first kappa shape index (κ1) is 13.6. The molecule has 0 fully saturated rings. The van der Waals surface area contributed by atoms with Gasteiger partial charge in [0.05, 0.1) is 0 Å². The Bertz CT molecular complexity index is 494. The van der Waals surface area contributed by atoms with E-state index in [1.54, 1.807) is 0 Å². The lowest BCUT2D eigenvalue weighted by molar-refractivity contribution is 0.784. The number of nitrogens with one attached hydrogen (secondary N) is 1. The maximum Gasteiger partial charge on any atom is 0.0429 e. The highest BCUT2D eigenvalue weighted by Crippen LogP contribution is 2.22. The van der Waals surface area contributed by atoms with Crippen LogP contribution in [0.3, 0.4) is 0 Å². The summed E-state index contributed by atoms with van der Waals surface area (Å²) in [6.07, 6.45) is 0. The molecule has 2 rings (SSSR count). The third-order valence-electron chi connectivity index (χ3n) is 3.30. The standard InChI is InChI=1S/C17H22N2/c1-3-19(14-15-9-5-4-6-10-15)17-12-8-7-11-16(17)13-18-2/h4-12,18H,3,13-14H2,1-2H3. The molecule has 0 unspecified atom stereocenters. The van der Waals surface area contributed by atoms with Crippen LogP contribution in [0.15, 0.2) is 54.6 Å². The van der Waals surface area contributed by atoms with Crippen molar-refractivity contribution >= 4 is 5.69 Å². The Morgan fingerprint density at radius 1 is 0.947 bits per heavy atom. The zero-order valence-corrected chi connectivity index (χ0v) is 11.8. The van der Waals surface area contributed by atoms with Crippen LogP contribution in [0.2, 0.25) is 0 Å². The topological polar surface area (TPSA) is 15.3 Å². The molecule has 1 N–H and O–H groups in total. The minimum absolute atomic E-state index is 0.904. The Balaban J connectivity index is 2.22. The smallest absolute Gasteiger partial charge is 0.0429 e. The van der Waals surface area contributed by atoms with Crippen molar-refractivity contribution in [1.82, 2.24) is 5.32 Å². The van der Waals surface area contributed by atoms with E-state index >= 15 is 0 Å². The van der Waals surface area contributed by atoms with Crippen LogP contribution < -0.4 is 10.2 Å². The van der Waals surface area contributed by atoms with Crippen LogP contribution >= 0.6 is 0 Å². The highest BCUT2D eigenvalue weighted by atomic mass is 15.1. The normalized spacial score (nSPS) is 10.4. The summed E-state index contributed by atoms with van der Waals surface area (Å²) in [4.78, 5) is 2.42. The molecule has 0 bridgehead atoms. The van der Waals surface area contributed by atoms with E-state index in [4.69, 9.17) is 0 Å². The summed E-state index contributed by atoms with van der Waals surface area (Å²) >= 11 is 0. The minimum atomic E-state index is 0.904. The summed E-state index contributed by atoms with van der Waals surface area (Å²) in [7, 11) is 1.99. The van der Waals surface area contributed by atoms with Gasteiger partial charge in [-0.1, -0.05) is 48.5 Å².